The molecule has 1 nitrogen and oxygen atoms in total. The Morgan fingerprint density at radius 3 is 1.94 bits per heavy atom. The molecule has 0 bridgehead atoms. The van der Waals surface area contributed by atoms with Gasteiger partial charge in [0.25, 0.3) is 0 Å². The fourth-order valence-electron chi connectivity index (χ4n) is 6.09. The van der Waals surface area contributed by atoms with Crippen molar-refractivity contribution in [1.82, 2.24) is 0 Å². The zero-order valence-corrected chi connectivity index (χ0v) is 22.0. The number of hydrogen-bond donors (Lipinski definition) is 0. The summed E-state index contributed by atoms with van der Waals surface area (Å²) in [6.07, 6.45) is 2.01. The second kappa shape index (κ2) is 9.04. The first kappa shape index (κ1) is 23.4. The third kappa shape index (κ3) is 3.69. The van der Waals surface area contributed by atoms with Crippen LogP contribution in [-0.2, 0) is 18.3 Å². The van der Waals surface area contributed by atoms with Gasteiger partial charge in [-0.15, -0.1) is 0 Å². The van der Waals surface area contributed by atoms with Crippen LogP contribution in [-0.4, -0.2) is 6.04 Å². The average molecular weight is 460 g/mol. The van der Waals surface area contributed by atoms with Crippen molar-refractivity contribution in [2.75, 3.05) is 4.90 Å². The molecule has 178 valence electrons. The molecular weight excluding hydrogens is 422 g/mol. The van der Waals surface area contributed by atoms with E-state index in [4.69, 9.17) is 0 Å². The zero-order chi connectivity index (χ0) is 24.7. The molecule has 0 saturated heterocycles. The Kier molecular flexibility index (Phi) is 6.05. The van der Waals surface area contributed by atoms with E-state index in [-0.39, 0.29) is 5.41 Å². The minimum atomic E-state index is -0.0619. The summed E-state index contributed by atoms with van der Waals surface area (Å²) in [5, 5.41) is 0. The third-order valence-electron chi connectivity index (χ3n) is 7.74. The van der Waals surface area contributed by atoms with Crippen molar-refractivity contribution < 1.29 is 0 Å². The second-order valence-electron chi connectivity index (χ2n) is 10.5. The van der Waals surface area contributed by atoms with Crippen molar-refractivity contribution in [2.45, 2.75) is 65.8 Å². The first-order valence-corrected chi connectivity index (χ1v) is 13.1. The van der Waals surface area contributed by atoms with E-state index in [0.717, 1.165) is 12.8 Å². The Morgan fingerprint density at radius 2 is 1.26 bits per heavy atom. The lowest BCUT2D eigenvalue weighted by atomic mass is 9.79. The van der Waals surface area contributed by atoms with E-state index < -0.39 is 0 Å². The van der Waals surface area contributed by atoms with Gasteiger partial charge in [-0.2, -0.15) is 0 Å². The van der Waals surface area contributed by atoms with Crippen LogP contribution in [0.15, 0.2) is 84.9 Å². The molecule has 35 heavy (non-hydrogen) atoms. The van der Waals surface area contributed by atoms with E-state index in [9.17, 15) is 0 Å². The van der Waals surface area contributed by atoms with Crippen LogP contribution in [0.25, 0.3) is 22.3 Å². The Labute approximate surface area is 211 Å². The maximum Gasteiger partial charge on any atom is 0.0525 e. The quantitative estimate of drug-likeness (QED) is 0.278. The number of fused-ring (bicyclic) bond motifs is 3. The predicted octanol–water partition coefficient (Wildman–Crippen LogP) is 9.33. The first-order valence-electron chi connectivity index (χ1n) is 13.1. The van der Waals surface area contributed by atoms with Gasteiger partial charge in [0, 0.05) is 22.7 Å². The highest BCUT2D eigenvalue weighted by Gasteiger charge is 2.40. The Morgan fingerprint density at radius 1 is 0.629 bits per heavy atom. The molecule has 1 heteroatoms. The summed E-state index contributed by atoms with van der Waals surface area (Å²) >= 11 is 0. The summed E-state index contributed by atoms with van der Waals surface area (Å²) < 4.78 is 0. The Bertz CT molecular complexity index is 1360. The van der Waals surface area contributed by atoms with Crippen molar-refractivity contribution in [3.05, 3.63) is 107 Å². The molecule has 0 unspecified atom stereocenters. The summed E-state index contributed by atoms with van der Waals surface area (Å²) in [4.78, 5) is 2.66. The molecule has 5 rings (SSSR count). The number of nitrogens with zero attached hydrogens (tertiary/aromatic N) is 1. The summed E-state index contributed by atoms with van der Waals surface area (Å²) in [5.74, 6) is 0. The normalized spacial score (nSPS) is 13.6. The molecule has 4 aromatic carbocycles. The lowest BCUT2D eigenvalue weighted by molar-refractivity contribution is 0.652. The van der Waals surface area contributed by atoms with Crippen LogP contribution in [0, 0.1) is 0 Å². The largest absolute Gasteiger partial charge is 0.338 e. The fourth-order valence-corrected chi connectivity index (χ4v) is 6.09. The number of anilines is 2. The van der Waals surface area contributed by atoms with Crippen LogP contribution in [0.4, 0.5) is 11.4 Å². The van der Waals surface area contributed by atoms with Gasteiger partial charge in [0.15, 0.2) is 0 Å². The summed E-state index contributed by atoms with van der Waals surface area (Å²) in [6.45, 7) is 14.1. The van der Waals surface area contributed by atoms with Crippen molar-refractivity contribution in [2.24, 2.45) is 0 Å². The van der Waals surface area contributed by atoms with E-state index in [2.05, 4.69) is 131 Å². The van der Waals surface area contributed by atoms with E-state index in [0.29, 0.717) is 6.04 Å². The highest BCUT2D eigenvalue weighted by atomic mass is 15.2. The van der Waals surface area contributed by atoms with Gasteiger partial charge in [0.2, 0.25) is 0 Å². The molecule has 0 N–H and O–H groups in total. The van der Waals surface area contributed by atoms with E-state index in [1.165, 1.54) is 55.9 Å². The van der Waals surface area contributed by atoms with Crippen molar-refractivity contribution in [3.63, 3.8) is 0 Å². The smallest absolute Gasteiger partial charge is 0.0525 e. The Hall–Kier alpha value is -3.32. The molecule has 0 spiro atoms. The Balaban J connectivity index is 1.86. The topological polar surface area (TPSA) is 3.24 Å². The molecule has 4 aromatic rings. The standard InChI is InChI=1S/C34H37N/c1-7-24-17-14-19-27(26-15-10-9-11-16-26)32(24)35(23(3)4)33-25(8-2)21-22-29-28-18-12-13-20-30(28)34(5,6)31(29)33/h9-23H,7-8H2,1-6H3. The molecule has 0 amide bonds. The molecule has 0 aliphatic heterocycles. The van der Waals surface area contributed by atoms with Crippen molar-refractivity contribution in [3.8, 4) is 22.3 Å². The van der Waals surface area contributed by atoms with Gasteiger partial charge in [-0.25, -0.2) is 0 Å². The monoisotopic (exact) mass is 459 g/mol. The van der Waals surface area contributed by atoms with Crippen LogP contribution in [0.5, 0.6) is 0 Å². The minimum absolute atomic E-state index is 0.0619. The summed E-state index contributed by atoms with van der Waals surface area (Å²) in [6, 6.07) is 31.7. The molecule has 0 fully saturated rings. The van der Waals surface area contributed by atoms with E-state index in [1.807, 2.05) is 0 Å². The van der Waals surface area contributed by atoms with Crippen molar-refractivity contribution in [1.29, 1.82) is 0 Å². The first-order chi connectivity index (χ1) is 16.9. The number of hydrogen-bond acceptors (Lipinski definition) is 1. The van der Waals surface area contributed by atoms with Gasteiger partial charge in [-0.1, -0.05) is 113 Å². The summed E-state index contributed by atoms with van der Waals surface area (Å²) in [7, 11) is 0. The number of para-hydroxylation sites is 1. The lowest BCUT2D eigenvalue weighted by Crippen LogP contribution is -2.31. The maximum atomic E-state index is 2.66. The molecule has 0 heterocycles. The highest BCUT2D eigenvalue weighted by Crippen LogP contribution is 2.55. The van der Waals surface area contributed by atoms with Gasteiger partial charge in [0.05, 0.1) is 5.69 Å². The van der Waals surface area contributed by atoms with Gasteiger partial charge >= 0.3 is 0 Å². The van der Waals surface area contributed by atoms with Gasteiger partial charge < -0.3 is 4.90 Å². The average Bonchev–Trinajstić information content (AvgIpc) is 3.11. The van der Waals surface area contributed by atoms with Gasteiger partial charge in [0.1, 0.15) is 0 Å². The molecule has 1 aliphatic carbocycles. The molecule has 1 aliphatic rings. The van der Waals surface area contributed by atoms with Crippen LogP contribution < -0.4 is 4.90 Å². The maximum absolute atomic E-state index is 2.66. The minimum Gasteiger partial charge on any atom is -0.338 e. The van der Waals surface area contributed by atoms with Crippen molar-refractivity contribution >= 4 is 11.4 Å². The van der Waals surface area contributed by atoms with Gasteiger partial charge in [-0.3, -0.25) is 0 Å². The van der Waals surface area contributed by atoms with Crippen LogP contribution >= 0.6 is 0 Å². The zero-order valence-electron chi connectivity index (χ0n) is 22.0. The molecule has 0 atom stereocenters. The van der Waals surface area contributed by atoms with E-state index >= 15 is 0 Å². The highest BCUT2D eigenvalue weighted by molar-refractivity contribution is 5.92. The molecule has 0 saturated carbocycles. The van der Waals surface area contributed by atoms with Gasteiger partial charge in [-0.05, 0) is 65.6 Å². The fraction of sp³-hybridized carbons (Fsp3) is 0.294. The summed E-state index contributed by atoms with van der Waals surface area (Å²) in [5.41, 5.74) is 13.8. The number of benzene rings is 4. The third-order valence-corrected chi connectivity index (χ3v) is 7.74. The SMILES string of the molecule is CCc1cccc(-c2ccccc2)c1N(c1c(CC)ccc2c1C(C)(C)c1ccccc1-2)C(C)C. The van der Waals surface area contributed by atoms with Crippen LogP contribution in [0.1, 0.15) is 63.8 Å². The van der Waals surface area contributed by atoms with Crippen LogP contribution in [0.3, 0.4) is 0 Å². The number of rotatable bonds is 6. The van der Waals surface area contributed by atoms with Crippen LogP contribution in [0.2, 0.25) is 0 Å². The predicted molar refractivity (Wildman–Crippen MR) is 152 cm³/mol. The lowest BCUT2D eigenvalue weighted by Gasteiger charge is -2.38. The van der Waals surface area contributed by atoms with E-state index in [1.54, 1.807) is 0 Å². The molecular formula is C34H37N. The molecule has 0 radical (unpaired) electrons. The number of aryl methyl sites for hydroxylation is 2. The second-order valence-corrected chi connectivity index (χ2v) is 10.5. The molecule has 0 aromatic heterocycles.